The van der Waals surface area contributed by atoms with Crippen LogP contribution in [0.5, 0.6) is 17.2 Å². The molecule has 0 aliphatic heterocycles. The van der Waals surface area contributed by atoms with Gasteiger partial charge in [-0.2, -0.15) is 5.10 Å². The van der Waals surface area contributed by atoms with Crippen LogP contribution in [0.2, 0.25) is 0 Å². The average molecular weight is 540 g/mol. The minimum atomic E-state index is -0.395. The first kappa shape index (κ1) is 25.8. The molecule has 3 aromatic rings. The van der Waals surface area contributed by atoms with Crippen molar-refractivity contribution in [1.29, 1.82) is 0 Å². The van der Waals surface area contributed by atoms with E-state index in [0.29, 0.717) is 35.1 Å². The number of carbonyl (C=O) groups excluding carboxylic acids is 2. The molecule has 0 aromatic heterocycles. The summed E-state index contributed by atoms with van der Waals surface area (Å²) in [5.74, 6) is 0.792. The van der Waals surface area contributed by atoms with Crippen LogP contribution in [0.3, 0.4) is 0 Å². The molecular formula is C26H26BrN3O5. The molecule has 0 saturated carbocycles. The zero-order chi connectivity index (χ0) is 25.0. The fourth-order valence-corrected chi connectivity index (χ4v) is 3.12. The van der Waals surface area contributed by atoms with Crippen LogP contribution in [0.1, 0.15) is 18.1 Å². The Balaban J connectivity index is 1.51. The van der Waals surface area contributed by atoms with Gasteiger partial charge in [0, 0.05) is 10.2 Å². The number of nitrogens with zero attached hydrogens (tertiary/aromatic N) is 1. The number of nitrogens with one attached hydrogen (secondary N) is 2. The normalized spacial score (nSPS) is 10.6. The lowest BCUT2D eigenvalue weighted by Gasteiger charge is -2.12. The number of hydrogen-bond acceptors (Lipinski definition) is 6. The molecule has 0 atom stereocenters. The summed E-state index contributed by atoms with van der Waals surface area (Å²) in [4.78, 5) is 24.2. The number of aryl methyl sites for hydroxylation is 1. The van der Waals surface area contributed by atoms with E-state index < -0.39 is 5.91 Å². The zero-order valence-electron chi connectivity index (χ0n) is 19.4. The Hall–Kier alpha value is -3.85. The van der Waals surface area contributed by atoms with Crippen LogP contribution in [-0.2, 0) is 9.59 Å². The quantitative estimate of drug-likeness (QED) is 0.272. The second-order valence-corrected chi connectivity index (χ2v) is 8.29. The number of hydrazone groups is 1. The lowest BCUT2D eigenvalue weighted by Crippen LogP contribution is -2.24. The molecule has 0 aliphatic carbocycles. The third-order valence-corrected chi connectivity index (χ3v) is 5.08. The monoisotopic (exact) mass is 539 g/mol. The van der Waals surface area contributed by atoms with E-state index in [4.69, 9.17) is 14.2 Å². The van der Waals surface area contributed by atoms with E-state index in [0.717, 1.165) is 10.0 Å². The van der Waals surface area contributed by atoms with E-state index in [9.17, 15) is 9.59 Å². The molecule has 0 bridgehead atoms. The highest BCUT2D eigenvalue weighted by atomic mass is 79.9. The molecule has 2 amide bonds. The molecule has 0 unspecified atom stereocenters. The van der Waals surface area contributed by atoms with Gasteiger partial charge in [0.25, 0.3) is 11.8 Å². The molecule has 3 aromatic carbocycles. The lowest BCUT2D eigenvalue weighted by atomic mass is 10.2. The Morgan fingerprint density at radius 3 is 2.31 bits per heavy atom. The van der Waals surface area contributed by atoms with Gasteiger partial charge in [-0.3, -0.25) is 9.59 Å². The Labute approximate surface area is 212 Å². The van der Waals surface area contributed by atoms with Crippen molar-refractivity contribution >= 4 is 39.6 Å². The number of benzene rings is 3. The number of amides is 2. The fourth-order valence-electron chi connectivity index (χ4n) is 2.86. The van der Waals surface area contributed by atoms with E-state index in [-0.39, 0.29) is 19.1 Å². The second kappa shape index (κ2) is 13.1. The predicted octanol–water partition coefficient (Wildman–Crippen LogP) is 4.70. The molecule has 8 nitrogen and oxygen atoms in total. The van der Waals surface area contributed by atoms with Crippen LogP contribution < -0.4 is 25.0 Å². The summed E-state index contributed by atoms with van der Waals surface area (Å²) < 4.78 is 17.6. The Morgan fingerprint density at radius 2 is 1.60 bits per heavy atom. The Morgan fingerprint density at radius 1 is 0.886 bits per heavy atom. The molecule has 0 fully saturated rings. The van der Waals surface area contributed by atoms with E-state index >= 15 is 0 Å². The topological polar surface area (TPSA) is 98.2 Å². The van der Waals surface area contributed by atoms with Crippen molar-refractivity contribution in [1.82, 2.24) is 5.43 Å². The highest BCUT2D eigenvalue weighted by Gasteiger charge is 2.10. The largest absolute Gasteiger partial charge is 0.490 e. The summed E-state index contributed by atoms with van der Waals surface area (Å²) in [6, 6.07) is 19.8. The first-order valence-corrected chi connectivity index (χ1v) is 11.7. The predicted molar refractivity (Wildman–Crippen MR) is 138 cm³/mol. The van der Waals surface area contributed by atoms with Gasteiger partial charge in [-0.15, -0.1) is 0 Å². The van der Waals surface area contributed by atoms with Crippen LogP contribution in [0.4, 0.5) is 5.69 Å². The number of hydrogen-bond donors (Lipinski definition) is 2. The van der Waals surface area contributed by atoms with Gasteiger partial charge in [0.2, 0.25) is 0 Å². The maximum absolute atomic E-state index is 12.2. The maximum Gasteiger partial charge on any atom is 0.277 e. The minimum Gasteiger partial charge on any atom is -0.490 e. The van der Waals surface area contributed by atoms with Crippen molar-refractivity contribution in [2.75, 3.05) is 25.1 Å². The third kappa shape index (κ3) is 8.78. The fraction of sp³-hybridized carbons (Fsp3) is 0.192. The van der Waals surface area contributed by atoms with Gasteiger partial charge in [0.15, 0.2) is 24.7 Å². The van der Waals surface area contributed by atoms with Gasteiger partial charge in [-0.1, -0.05) is 33.6 Å². The summed E-state index contributed by atoms with van der Waals surface area (Å²) in [6.07, 6.45) is 1.48. The smallest absolute Gasteiger partial charge is 0.277 e. The molecule has 35 heavy (non-hydrogen) atoms. The molecular weight excluding hydrogens is 514 g/mol. The average Bonchev–Trinajstić information content (AvgIpc) is 2.85. The van der Waals surface area contributed by atoms with E-state index in [1.54, 1.807) is 30.3 Å². The first-order valence-electron chi connectivity index (χ1n) is 10.9. The molecule has 0 radical (unpaired) electrons. The highest BCUT2D eigenvalue weighted by Crippen LogP contribution is 2.28. The molecule has 182 valence electrons. The van der Waals surface area contributed by atoms with Gasteiger partial charge in [0.1, 0.15) is 5.75 Å². The van der Waals surface area contributed by atoms with E-state index in [1.165, 1.54) is 6.21 Å². The van der Waals surface area contributed by atoms with Gasteiger partial charge >= 0.3 is 0 Å². The standard InChI is InChI=1S/C26H26BrN3O5/c1-3-33-24-14-19(15-28-30-26(32)17-34-22-11-7-20(27)8-12-22)6-13-23(24)35-16-25(31)29-21-9-4-18(2)5-10-21/h4-15H,3,16-17H2,1-2H3,(H,29,31)(H,30,32)/b28-15-. The van der Waals surface area contributed by atoms with E-state index in [1.807, 2.05) is 50.2 Å². The van der Waals surface area contributed by atoms with E-state index in [2.05, 4.69) is 31.8 Å². The van der Waals surface area contributed by atoms with Crippen LogP contribution in [0.25, 0.3) is 0 Å². The SMILES string of the molecule is CCOc1cc(/C=N\NC(=O)COc2ccc(Br)cc2)ccc1OCC(=O)Nc1ccc(C)cc1. The Kier molecular flexibility index (Phi) is 9.68. The molecule has 2 N–H and O–H groups in total. The van der Waals surface area contributed by atoms with Crippen molar-refractivity contribution in [3.63, 3.8) is 0 Å². The summed E-state index contributed by atoms with van der Waals surface area (Å²) in [5.41, 5.74) is 4.90. The molecule has 0 spiro atoms. The van der Waals surface area contributed by atoms with Gasteiger partial charge in [0.05, 0.1) is 12.8 Å². The molecule has 0 saturated heterocycles. The summed E-state index contributed by atoms with van der Waals surface area (Å²) >= 11 is 3.34. The number of rotatable bonds is 11. The maximum atomic E-state index is 12.2. The number of ether oxygens (including phenoxy) is 3. The molecule has 0 aliphatic rings. The number of carbonyl (C=O) groups is 2. The van der Waals surface area contributed by atoms with Gasteiger partial charge < -0.3 is 19.5 Å². The van der Waals surface area contributed by atoms with Crippen molar-refractivity contribution < 1.29 is 23.8 Å². The minimum absolute atomic E-state index is 0.166. The van der Waals surface area contributed by atoms with Crippen LogP contribution in [0.15, 0.2) is 76.3 Å². The van der Waals surface area contributed by atoms with Gasteiger partial charge in [-0.05, 0) is 74.0 Å². The first-order chi connectivity index (χ1) is 16.9. The third-order valence-electron chi connectivity index (χ3n) is 4.55. The molecule has 0 heterocycles. The number of halogens is 1. The highest BCUT2D eigenvalue weighted by molar-refractivity contribution is 9.10. The van der Waals surface area contributed by atoms with Crippen molar-refractivity contribution in [3.05, 3.63) is 82.3 Å². The summed E-state index contributed by atoms with van der Waals surface area (Å²) in [6.45, 7) is 3.90. The molecule has 3 rings (SSSR count). The Bertz CT molecular complexity index is 1160. The lowest BCUT2D eigenvalue weighted by molar-refractivity contribution is -0.123. The number of anilines is 1. The van der Waals surface area contributed by atoms with Crippen molar-refractivity contribution in [2.24, 2.45) is 5.10 Å². The van der Waals surface area contributed by atoms with Crippen LogP contribution in [-0.4, -0.2) is 37.8 Å². The van der Waals surface area contributed by atoms with Crippen LogP contribution >= 0.6 is 15.9 Å². The van der Waals surface area contributed by atoms with Crippen molar-refractivity contribution in [3.8, 4) is 17.2 Å². The summed E-state index contributed by atoms with van der Waals surface area (Å²) in [7, 11) is 0. The zero-order valence-corrected chi connectivity index (χ0v) is 21.0. The summed E-state index contributed by atoms with van der Waals surface area (Å²) in [5, 5.41) is 6.74. The van der Waals surface area contributed by atoms with Gasteiger partial charge in [-0.25, -0.2) is 5.43 Å². The molecule has 9 heteroatoms. The second-order valence-electron chi connectivity index (χ2n) is 7.38. The van der Waals surface area contributed by atoms with Crippen molar-refractivity contribution in [2.45, 2.75) is 13.8 Å². The van der Waals surface area contributed by atoms with Crippen LogP contribution in [0, 0.1) is 6.92 Å².